The highest BCUT2D eigenvalue weighted by molar-refractivity contribution is 5.72. The highest BCUT2D eigenvalue weighted by atomic mass is 16.5. The second-order valence-electron chi connectivity index (χ2n) is 3.39. The van der Waals surface area contributed by atoms with Crippen molar-refractivity contribution in [2.75, 3.05) is 0 Å². The molecule has 1 aromatic rings. The molecule has 76 valence electrons. The van der Waals surface area contributed by atoms with Crippen molar-refractivity contribution in [2.24, 2.45) is 0 Å². The fourth-order valence-corrected chi connectivity index (χ4v) is 1.64. The molecule has 1 N–H and O–H groups in total. The molecule has 14 heavy (non-hydrogen) atoms. The molecule has 2 rings (SSSR count). The molecule has 0 aliphatic carbocycles. The molecule has 1 aromatic heterocycles. The molecule has 1 aliphatic rings. The minimum absolute atomic E-state index is 0.0176. The molecule has 2 heterocycles. The van der Waals surface area contributed by atoms with E-state index in [-0.39, 0.29) is 6.10 Å². The zero-order valence-corrected chi connectivity index (χ0v) is 7.67. The van der Waals surface area contributed by atoms with Gasteiger partial charge in [0.05, 0.1) is 12.6 Å². The number of carboxylic acids is 1. The van der Waals surface area contributed by atoms with Crippen LogP contribution < -0.4 is 0 Å². The lowest BCUT2D eigenvalue weighted by molar-refractivity contribution is -0.149. The van der Waals surface area contributed by atoms with Gasteiger partial charge in [-0.1, -0.05) is 0 Å². The van der Waals surface area contributed by atoms with Crippen LogP contribution >= 0.6 is 0 Å². The van der Waals surface area contributed by atoms with E-state index in [1.165, 1.54) is 0 Å². The molecule has 0 radical (unpaired) electrons. The van der Waals surface area contributed by atoms with Gasteiger partial charge in [0.25, 0.3) is 0 Å². The highest BCUT2D eigenvalue weighted by Gasteiger charge is 2.30. The van der Waals surface area contributed by atoms with Crippen molar-refractivity contribution >= 4 is 5.97 Å². The van der Waals surface area contributed by atoms with E-state index >= 15 is 0 Å². The van der Waals surface area contributed by atoms with Gasteiger partial charge in [-0.15, -0.1) is 0 Å². The van der Waals surface area contributed by atoms with Gasteiger partial charge in [-0.25, -0.2) is 4.79 Å². The number of carbonyl (C=O) groups is 1. The predicted octanol–water partition coefficient (Wildman–Crippen LogP) is 0.515. The van der Waals surface area contributed by atoms with E-state index in [9.17, 15) is 4.79 Å². The van der Waals surface area contributed by atoms with Gasteiger partial charge in [-0.05, 0) is 18.9 Å². The smallest absolute Gasteiger partial charge is 0.332 e. The molecule has 0 bridgehead atoms. The number of aromatic nitrogens is 2. The third-order valence-corrected chi connectivity index (χ3v) is 2.33. The zero-order valence-electron chi connectivity index (χ0n) is 7.67. The van der Waals surface area contributed by atoms with E-state index in [0.717, 1.165) is 6.42 Å². The molecule has 5 heteroatoms. The van der Waals surface area contributed by atoms with Crippen LogP contribution in [0.25, 0.3) is 0 Å². The summed E-state index contributed by atoms with van der Waals surface area (Å²) >= 11 is 0. The quantitative estimate of drug-likeness (QED) is 0.765. The van der Waals surface area contributed by atoms with Crippen LogP contribution in [0.5, 0.6) is 0 Å². The largest absolute Gasteiger partial charge is 0.479 e. The van der Waals surface area contributed by atoms with Crippen molar-refractivity contribution in [3.63, 3.8) is 0 Å². The summed E-state index contributed by atoms with van der Waals surface area (Å²) in [5.41, 5.74) is 0. The number of aliphatic carboxylic acids is 1. The lowest BCUT2D eigenvalue weighted by Gasteiger charge is -2.10. The molecule has 2 atom stereocenters. The average molecular weight is 196 g/mol. The molecule has 1 aliphatic heterocycles. The van der Waals surface area contributed by atoms with Gasteiger partial charge < -0.3 is 9.84 Å². The van der Waals surface area contributed by atoms with Crippen LogP contribution in [-0.4, -0.2) is 33.1 Å². The first-order valence-electron chi connectivity index (χ1n) is 4.61. The first kappa shape index (κ1) is 9.21. The van der Waals surface area contributed by atoms with Crippen molar-refractivity contribution in [1.82, 2.24) is 9.78 Å². The topological polar surface area (TPSA) is 64.3 Å². The molecule has 0 aromatic carbocycles. The minimum Gasteiger partial charge on any atom is -0.479 e. The Bertz CT molecular complexity index is 310. The van der Waals surface area contributed by atoms with Gasteiger partial charge in [0.15, 0.2) is 6.10 Å². The van der Waals surface area contributed by atoms with Gasteiger partial charge in [0.1, 0.15) is 0 Å². The molecular formula is C9H12N2O3. The summed E-state index contributed by atoms with van der Waals surface area (Å²) in [6.07, 6.45) is 4.28. The SMILES string of the molecule is O=C(O)[C@@H]1CC[C@H](Cn2cccn2)O1. The zero-order chi connectivity index (χ0) is 9.97. The van der Waals surface area contributed by atoms with Crippen LogP contribution in [0, 0.1) is 0 Å². The summed E-state index contributed by atoms with van der Waals surface area (Å²) in [4.78, 5) is 10.6. The summed E-state index contributed by atoms with van der Waals surface area (Å²) in [6, 6.07) is 1.84. The van der Waals surface area contributed by atoms with E-state index in [1.54, 1.807) is 10.9 Å². The minimum atomic E-state index is -0.868. The predicted molar refractivity (Wildman–Crippen MR) is 47.8 cm³/mol. The van der Waals surface area contributed by atoms with E-state index in [0.29, 0.717) is 13.0 Å². The number of rotatable bonds is 3. The highest BCUT2D eigenvalue weighted by Crippen LogP contribution is 2.20. The Hall–Kier alpha value is -1.36. The van der Waals surface area contributed by atoms with Crippen molar-refractivity contribution in [2.45, 2.75) is 31.6 Å². The first-order chi connectivity index (χ1) is 6.75. The third kappa shape index (κ3) is 1.93. The fraction of sp³-hybridized carbons (Fsp3) is 0.556. The first-order valence-corrected chi connectivity index (χ1v) is 4.61. The average Bonchev–Trinajstić information content (AvgIpc) is 2.75. The standard InChI is InChI=1S/C9H12N2O3/c12-9(13)8-3-2-7(14-8)6-11-5-1-4-10-11/h1,4-5,7-8H,2-3,6H2,(H,12,13)/t7-,8+/m1/s1. The van der Waals surface area contributed by atoms with Crippen LogP contribution in [0.4, 0.5) is 0 Å². The summed E-state index contributed by atoms with van der Waals surface area (Å²) < 4.78 is 7.09. The Kier molecular flexibility index (Phi) is 2.49. The van der Waals surface area contributed by atoms with E-state index in [1.807, 2.05) is 12.3 Å². The van der Waals surface area contributed by atoms with Crippen molar-refractivity contribution in [3.8, 4) is 0 Å². The van der Waals surface area contributed by atoms with Crippen molar-refractivity contribution in [1.29, 1.82) is 0 Å². The van der Waals surface area contributed by atoms with E-state index in [2.05, 4.69) is 5.10 Å². The monoisotopic (exact) mass is 196 g/mol. The molecule has 0 saturated carbocycles. The van der Waals surface area contributed by atoms with Crippen molar-refractivity contribution < 1.29 is 14.6 Å². The lowest BCUT2D eigenvalue weighted by atomic mass is 10.2. The number of carboxylic acid groups (broad SMARTS) is 1. The summed E-state index contributed by atoms with van der Waals surface area (Å²) in [5, 5.41) is 12.7. The fourth-order valence-electron chi connectivity index (χ4n) is 1.64. The van der Waals surface area contributed by atoms with Crippen LogP contribution in [0.1, 0.15) is 12.8 Å². The molecule has 1 saturated heterocycles. The van der Waals surface area contributed by atoms with E-state index in [4.69, 9.17) is 9.84 Å². The van der Waals surface area contributed by atoms with Crippen LogP contribution in [0.3, 0.4) is 0 Å². The molecule has 0 amide bonds. The van der Waals surface area contributed by atoms with Crippen molar-refractivity contribution in [3.05, 3.63) is 18.5 Å². The van der Waals surface area contributed by atoms with Gasteiger partial charge in [-0.3, -0.25) is 4.68 Å². The Morgan fingerprint density at radius 3 is 3.07 bits per heavy atom. The maximum Gasteiger partial charge on any atom is 0.332 e. The normalized spacial score (nSPS) is 26.6. The second kappa shape index (κ2) is 3.79. The number of nitrogens with zero attached hydrogens (tertiary/aromatic N) is 2. The Labute approximate surface area is 81.3 Å². The molecule has 0 unspecified atom stereocenters. The number of hydrogen-bond donors (Lipinski definition) is 1. The Balaban J connectivity index is 1.87. The Morgan fingerprint density at radius 2 is 2.50 bits per heavy atom. The molecule has 0 spiro atoms. The summed E-state index contributed by atoms with van der Waals surface area (Å²) in [7, 11) is 0. The molecular weight excluding hydrogens is 184 g/mol. The van der Waals surface area contributed by atoms with Gasteiger partial charge in [-0.2, -0.15) is 5.10 Å². The second-order valence-corrected chi connectivity index (χ2v) is 3.39. The van der Waals surface area contributed by atoms with Crippen LogP contribution in [0.15, 0.2) is 18.5 Å². The van der Waals surface area contributed by atoms with Crippen LogP contribution in [-0.2, 0) is 16.1 Å². The third-order valence-electron chi connectivity index (χ3n) is 2.33. The number of hydrogen-bond acceptors (Lipinski definition) is 3. The summed E-state index contributed by atoms with van der Waals surface area (Å²) in [5.74, 6) is -0.868. The lowest BCUT2D eigenvalue weighted by Crippen LogP contribution is -2.22. The maximum atomic E-state index is 10.6. The molecule has 1 fully saturated rings. The number of ether oxygens (including phenoxy) is 1. The van der Waals surface area contributed by atoms with Crippen LogP contribution in [0.2, 0.25) is 0 Å². The van der Waals surface area contributed by atoms with Gasteiger partial charge in [0, 0.05) is 12.4 Å². The Morgan fingerprint density at radius 1 is 1.64 bits per heavy atom. The van der Waals surface area contributed by atoms with Gasteiger partial charge >= 0.3 is 5.97 Å². The molecule has 5 nitrogen and oxygen atoms in total. The maximum absolute atomic E-state index is 10.6. The summed E-state index contributed by atoms with van der Waals surface area (Å²) in [6.45, 7) is 0.636. The van der Waals surface area contributed by atoms with Gasteiger partial charge in [0.2, 0.25) is 0 Å². The van der Waals surface area contributed by atoms with E-state index < -0.39 is 12.1 Å².